The summed E-state index contributed by atoms with van der Waals surface area (Å²) < 4.78 is 39.2. The van der Waals surface area contributed by atoms with Gasteiger partial charge in [-0.1, -0.05) is 22.0 Å². The van der Waals surface area contributed by atoms with Crippen molar-refractivity contribution in [1.82, 2.24) is 0 Å². The van der Waals surface area contributed by atoms with E-state index >= 15 is 0 Å². The fourth-order valence-electron chi connectivity index (χ4n) is 4.19. The van der Waals surface area contributed by atoms with Gasteiger partial charge in [0.1, 0.15) is 5.58 Å². The SMILES string of the molecule is COc1ccc(C2C(C(=O)c3cc4cc(Br)ccc4o3)=C(O)C(=O)N2c2ccc(F)c(F)c2)cc1O. The summed E-state index contributed by atoms with van der Waals surface area (Å²) in [6.45, 7) is 0. The Morgan fingerprint density at radius 2 is 1.81 bits per heavy atom. The van der Waals surface area contributed by atoms with E-state index in [0.717, 1.165) is 27.6 Å². The third-order valence-electron chi connectivity index (χ3n) is 5.85. The number of furan rings is 1. The number of carbonyl (C=O) groups is 2. The molecule has 1 amide bonds. The summed E-state index contributed by atoms with van der Waals surface area (Å²) in [5, 5.41) is 21.8. The Balaban J connectivity index is 1.68. The monoisotopic (exact) mass is 555 g/mol. The lowest BCUT2D eigenvalue weighted by molar-refractivity contribution is -0.117. The highest BCUT2D eigenvalue weighted by Gasteiger charge is 2.45. The van der Waals surface area contributed by atoms with Gasteiger partial charge in [0, 0.05) is 21.6 Å². The van der Waals surface area contributed by atoms with Crippen LogP contribution in [0, 0.1) is 11.6 Å². The number of benzene rings is 3. The van der Waals surface area contributed by atoms with E-state index in [0.29, 0.717) is 11.0 Å². The Hall–Kier alpha value is -4.18. The van der Waals surface area contributed by atoms with Crippen molar-refractivity contribution in [2.45, 2.75) is 6.04 Å². The quantitative estimate of drug-likeness (QED) is 0.294. The molecular weight excluding hydrogens is 540 g/mol. The van der Waals surface area contributed by atoms with Gasteiger partial charge in [0.15, 0.2) is 34.7 Å². The van der Waals surface area contributed by atoms with Crippen LogP contribution in [-0.2, 0) is 4.79 Å². The van der Waals surface area contributed by atoms with Gasteiger partial charge in [-0.25, -0.2) is 8.78 Å². The molecule has 1 aliphatic heterocycles. The van der Waals surface area contributed by atoms with Crippen LogP contribution in [0.1, 0.15) is 22.2 Å². The number of aliphatic hydroxyl groups excluding tert-OH is 1. The van der Waals surface area contributed by atoms with E-state index in [-0.39, 0.29) is 34.1 Å². The molecule has 4 aromatic rings. The lowest BCUT2D eigenvalue weighted by Gasteiger charge is -2.27. The standard InChI is InChI=1S/C26H16BrF2NO6/c1-35-20-6-2-12(9-18(20)31)23-22(24(32)21-10-13-8-14(27)3-7-19(13)36-21)25(33)26(34)30(23)15-4-5-16(28)17(29)11-15/h2-11,23,31,33H,1H3. The number of phenolic OH excluding ortho intramolecular Hbond substituents is 1. The molecule has 1 aliphatic rings. The number of nitrogens with zero attached hydrogens (tertiary/aromatic N) is 1. The Morgan fingerprint density at radius 3 is 2.50 bits per heavy atom. The molecule has 3 aromatic carbocycles. The third kappa shape index (κ3) is 3.79. The predicted molar refractivity (Wildman–Crippen MR) is 129 cm³/mol. The first-order valence-corrected chi connectivity index (χ1v) is 11.3. The van der Waals surface area contributed by atoms with Gasteiger partial charge in [-0.2, -0.15) is 0 Å². The summed E-state index contributed by atoms with van der Waals surface area (Å²) in [5.41, 5.74) is 0.147. The maximum atomic E-state index is 14.1. The Kier molecular flexibility index (Phi) is 5.76. The highest BCUT2D eigenvalue weighted by molar-refractivity contribution is 9.10. The van der Waals surface area contributed by atoms with Crippen LogP contribution in [0.4, 0.5) is 14.5 Å². The van der Waals surface area contributed by atoms with Crippen LogP contribution in [0.25, 0.3) is 11.0 Å². The molecule has 0 saturated heterocycles. The number of phenols is 1. The van der Waals surface area contributed by atoms with Gasteiger partial charge >= 0.3 is 0 Å². The molecule has 5 rings (SSSR count). The van der Waals surface area contributed by atoms with Gasteiger partial charge in [0.25, 0.3) is 5.91 Å². The molecule has 1 atom stereocenters. The summed E-state index contributed by atoms with van der Waals surface area (Å²) in [6, 6.07) is 12.2. The second kappa shape index (κ2) is 8.80. The first-order valence-electron chi connectivity index (χ1n) is 10.5. The zero-order chi connectivity index (χ0) is 25.7. The van der Waals surface area contributed by atoms with Gasteiger partial charge in [-0.15, -0.1) is 0 Å². The second-order valence-electron chi connectivity index (χ2n) is 7.99. The highest BCUT2D eigenvalue weighted by atomic mass is 79.9. The number of ether oxygens (including phenoxy) is 1. The van der Waals surface area contributed by atoms with Crippen molar-refractivity contribution in [1.29, 1.82) is 0 Å². The molecule has 182 valence electrons. The van der Waals surface area contributed by atoms with E-state index in [1.807, 2.05) is 0 Å². The molecule has 7 nitrogen and oxygen atoms in total. The molecule has 0 aliphatic carbocycles. The fourth-order valence-corrected chi connectivity index (χ4v) is 4.57. The minimum absolute atomic E-state index is 0.109. The number of amides is 1. The van der Waals surface area contributed by atoms with Crippen molar-refractivity contribution in [2.24, 2.45) is 0 Å². The summed E-state index contributed by atoms with van der Waals surface area (Å²) in [4.78, 5) is 27.8. The maximum Gasteiger partial charge on any atom is 0.294 e. The number of ketones is 1. The van der Waals surface area contributed by atoms with Crippen molar-refractivity contribution >= 4 is 44.3 Å². The minimum atomic E-state index is -1.30. The first kappa shape index (κ1) is 23.6. The van der Waals surface area contributed by atoms with Crippen molar-refractivity contribution in [3.8, 4) is 11.5 Å². The maximum absolute atomic E-state index is 14.1. The van der Waals surface area contributed by atoms with Crippen LogP contribution in [0.5, 0.6) is 11.5 Å². The molecule has 2 N–H and O–H groups in total. The van der Waals surface area contributed by atoms with Crippen LogP contribution in [0.3, 0.4) is 0 Å². The van der Waals surface area contributed by atoms with E-state index in [9.17, 15) is 28.6 Å². The predicted octanol–water partition coefficient (Wildman–Crippen LogP) is 5.97. The second-order valence-corrected chi connectivity index (χ2v) is 8.91. The lowest BCUT2D eigenvalue weighted by atomic mass is 9.94. The average Bonchev–Trinajstić information content (AvgIpc) is 3.39. The minimum Gasteiger partial charge on any atom is -0.504 e. The number of hydrogen-bond acceptors (Lipinski definition) is 6. The van der Waals surface area contributed by atoms with Crippen LogP contribution >= 0.6 is 15.9 Å². The van der Waals surface area contributed by atoms with Crippen molar-refractivity contribution in [3.05, 3.63) is 99.4 Å². The zero-order valence-corrected chi connectivity index (χ0v) is 20.0. The number of anilines is 1. The fraction of sp³-hybridized carbons (Fsp3) is 0.0769. The molecule has 2 heterocycles. The molecule has 0 spiro atoms. The van der Waals surface area contributed by atoms with Crippen molar-refractivity contribution in [3.63, 3.8) is 0 Å². The molecule has 1 unspecified atom stereocenters. The Morgan fingerprint density at radius 1 is 1.03 bits per heavy atom. The van der Waals surface area contributed by atoms with Gasteiger partial charge in [0.05, 0.1) is 18.7 Å². The smallest absolute Gasteiger partial charge is 0.294 e. The molecule has 0 bridgehead atoms. The van der Waals surface area contributed by atoms with Gasteiger partial charge in [-0.3, -0.25) is 14.5 Å². The summed E-state index contributed by atoms with van der Waals surface area (Å²) in [6.07, 6.45) is 0. The van der Waals surface area contributed by atoms with Crippen molar-refractivity contribution < 1.29 is 37.7 Å². The molecule has 1 aromatic heterocycles. The first-order chi connectivity index (χ1) is 17.2. The third-order valence-corrected chi connectivity index (χ3v) is 6.35. The number of methoxy groups -OCH3 is 1. The number of carbonyl (C=O) groups excluding carboxylic acids is 2. The lowest BCUT2D eigenvalue weighted by Crippen LogP contribution is -2.31. The highest BCUT2D eigenvalue weighted by Crippen LogP contribution is 2.44. The van der Waals surface area contributed by atoms with Crippen LogP contribution in [0.2, 0.25) is 0 Å². The van der Waals surface area contributed by atoms with E-state index in [4.69, 9.17) is 9.15 Å². The molecule has 10 heteroatoms. The van der Waals surface area contributed by atoms with Crippen LogP contribution < -0.4 is 9.64 Å². The number of rotatable bonds is 5. The number of halogens is 3. The molecule has 0 radical (unpaired) electrons. The largest absolute Gasteiger partial charge is 0.504 e. The molecular formula is C26H16BrF2NO6. The number of Topliss-reactive ketones (excluding diaryl/α,β-unsaturated/α-hetero) is 1. The van der Waals surface area contributed by atoms with E-state index in [1.54, 1.807) is 18.2 Å². The number of aliphatic hydroxyl groups is 1. The zero-order valence-electron chi connectivity index (χ0n) is 18.5. The number of aromatic hydroxyl groups is 1. The van der Waals surface area contributed by atoms with Crippen LogP contribution in [-0.4, -0.2) is 29.0 Å². The summed E-state index contributed by atoms with van der Waals surface area (Å²) >= 11 is 3.35. The molecule has 0 fully saturated rings. The van der Waals surface area contributed by atoms with Crippen LogP contribution in [0.15, 0.2) is 80.9 Å². The molecule has 36 heavy (non-hydrogen) atoms. The van der Waals surface area contributed by atoms with Gasteiger partial charge < -0.3 is 19.4 Å². The topological polar surface area (TPSA) is 100 Å². The van der Waals surface area contributed by atoms with Crippen molar-refractivity contribution in [2.75, 3.05) is 12.0 Å². The van der Waals surface area contributed by atoms with E-state index < -0.39 is 35.1 Å². The average molecular weight is 556 g/mol. The molecule has 0 saturated carbocycles. The summed E-state index contributed by atoms with van der Waals surface area (Å²) in [5.74, 6) is -5.35. The van der Waals surface area contributed by atoms with E-state index in [1.165, 1.54) is 31.4 Å². The number of fused-ring (bicyclic) bond motifs is 1. The van der Waals surface area contributed by atoms with Gasteiger partial charge in [-0.05, 0) is 54.1 Å². The normalized spacial score (nSPS) is 15.7. The Labute approximate surface area is 210 Å². The van der Waals surface area contributed by atoms with E-state index in [2.05, 4.69) is 15.9 Å². The van der Waals surface area contributed by atoms with Gasteiger partial charge in [0.2, 0.25) is 5.78 Å². The Bertz CT molecular complexity index is 1590. The summed E-state index contributed by atoms with van der Waals surface area (Å²) in [7, 11) is 1.35. The number of hydrogen-bond donors (Lipinski definition) is 2.